The number of aldehydes is 1. The summed E-state index contributed by atoms with van der Waals surface area (Å²) in [7, 11) is 0. The molecule has 3 nitrogen and oxygen atoms in total. The molecule has 7 heteroatoms. The van der Waals surface area contributed by atoms with Crippen LogP contribution in [-0.4, -0.2) is 12.6 Å². The quantitative estimate of drug-likeness (QED) is 0.617. The van der Waals surface area contributed by atoms with Crippen LogP contribution >= 0.6 is 0 Å². The number of allylic oxidation sites excluding steroid dienone is 1. The van der Waals surface area contributed by atoms with E-state index in [9.17, 15) is 22.4 Å². The number of alkyl halides is 3. The van der Waals surface area contributed by atoms with Gasteiger partial charge in [-0.3, -0.25) is 4.79 Å². The molecular weight excluding hydrogens is 328 g/mol. The zero-order chi connectivity index (χ0) is 17.3. The van der Waals surface area contributed by atoms with E-state index in [-0.39, 0.29) is 5.57 Å². The molecule has 1 aliphatic rings. The van der Waals surface area contributed by atoms with Crippen molar-refractivity contribution in [3.8, 4) is 11.5 Å². The monoisotopic (exact) mass is 338 g/mol. The van der Waals surface area contributed by atoms with E-state index in [1.807, 2.05) is 0 Å². The molecule has 0 spiro atoms. The van der Waals surface area contributed by atoms with E-state index < -0.39 is 23.8 Å². The first kappa shape index (κ1) is 16.0. The average molecular weight is 338 g/mol. The molecule has 0 radical (unpaired) electrons. The van der Waals surface area contributed by atoms with Crippen LogP contribution in [0.1, 0.15) is 17.0 Å². The highest BCUT2D eigenvalue weighted by Gasteiger charge is 2.33. The predicted molar refractivity (Wildman–Crippen MR) is 76.1 cm³/mol. The van der Waals surface area contributed by atoms with Gasteiger partial charge >= 0.3 is 6.36 Å². The smallest absolute Gasteiger partial charge is 0.464 e. The molecule has 0 saturated carbocycles. The number of carbonyl (C=O) groups excluding carboxylic acids is 1. The van der Waals surface area contributed by atoms with E-state index in [2.05, 4.69) is 4.74 Å². The summed E-state index contributed by atoms with van der Waals surface area (Å²) in [6.45, 7) is 0. The molecule has 2 aromatic carbocycles. The molecule has 0 aliphatic carbocycles. The van der Waals surface area contributed by atoms with Crippen LogP contribution in [0.4, 0.5) is 17.6 Å². The SMILES string of the molecule is O=CC1=COc2ccc(OC(F)(F)F)cc2C1c1ccc(F)cc1. The van der Waals surface area contributed by atoms with Crippen molar-refractivity contribution in [3.05, 3.63) is 71.2 Å². The highest BCUT2D eigenvalue weighted by Crippen LogP contribution is 2.42. The van der Waals surface area contributed by atoms with Crippen LogP contribution in [0.25, 0.3) is 0 Å². The molecule has 0 N–H and O–H groups in total. The van der Waals surface area contributed by atoms with E-state index in [0.717, 1.165) is 12.1 Å². The summed E-state index contributed by atoms with van der Waals surface area (Å²) in [5.74, 6) is -1.27. The van der Waals surface area contributed by atoms with Gasteiger partial charge in [0, 0.05) is 17.1 Å². The molecule has 0 fully saturated rings. The Kier molecular flexibility index (Phi) is 4.01. The fourth-order valence-electron chi connectivity index (χ4n) is 2.56. The van der Waals surface area contributed by atoms with Gasteiger partial charge in [-0.05, 0) is 35.9 Å². The molecule has 0 bridgehead atoms. The highest BCUT2D eigenvalue weighted by molar-refractivity contribution is 5.79. The van der Waals surface area contributed by atoms with Gasteiger partial charge in [-0.15, -0.1) is 13.2 Å². The minimum Gasteiger partial charge on any atom is -0.464 e. The number of benzene rings is 2. The highest BCUT2D eigenvalue weighted by atomic mass is 19.4. The standard InChI is InChI=1S/C17H10F4O3/c18-12-3-1-10(2-4-12)16-11(8-22)9-23-15-6-5-13(7-14(15)16)24-17(19,20)21/h1-9,16H. The molecule has 1 atom stereocenters. The van der Waals surface area contributed by atoms with Crippen molar-refractivity contribution < 1.29 is 31.8 Å². The van der Waals surface area contributed by atoms with Crippen molar-refractivity contribution in [2.45, 2.75) is 12.3 Å². The lowest BCUT2D eigenvalue weighted by atomic mass is 9.84. The van der Waals surface area contributed by atoms with Crippen LogP contribution in [0.2, 0.25) is 0 Å². The Hall–Kier alpha value is -2.83. The summed E-state index contributed by atoms with van der Waals surface area (Å²) in [6, 6.07) is 8.95. The molecule has 3 rings (SSSR count). The Morgan fingerprint density at radius 1 is 1.08 bits per heavy atom. The van der Waals surface area contributed by atoms with E-state index in [1.54, 1.807) is 0 Å². The molecule has 0 saturated heterocycles. The fourth-order valence-corrected chi connectivity index (χ4v) is 2.56. The molecule has 1 aliphatic heterocycles. The number of halogens is 4. The number of hydrogen-bond acceptors (Lipinski definition) is 3. The Labute approximate surface area is 134 Å². The number of ether oxygens (including phenoxy) is 2. The largest absolute Gasteiger partial charge is 0.573 e. The lowest BCUT2D eigenvalue weighted by Crippen LogP contribution is -2.18. The van der Waals surface area contributed by atoms with Crippen LogP contribution in [0.15, 0.2) is 54.3 Å². The number of fused-ring (bicyclic) bond motifs is 1. The second-order valence-electron chi connectivity index (χ2n) is 5.09. The molecule has 0 amide bonds. The van der Waals surface area contributed by atoms with Gasteiger partial charge in [-0.2, -0.15) is 0 Å². The van der Waals surface area contributed by atoms with Gasteiger partial charge < -0.3 is 9.47 Å². The second kappa shape index (κ2) is 5.99. The van der Waals surface area contributed by atoms with Crippen molar-refractivity contribution in [2.75, 3.05) is 0 Å². The summed E-state index contributed by atoms with van der Waals surface area (Å²) in [5.41, 5.74) is 1.08. The maximum Gasteiger partial charge on any atom is 0.573 e. The van der Waals surface area contributed by atoms with Crippen LogP contribution in [0.3, 0.4) is 0 Å². The molecule has 124 valence electrons. The van der Waals surface area contributed by atoms with Gasteiger partial charge in [-0.25, -0.2) is 4.39 Å². The predicted octanol–water partition coefficient (Wildman–Crippen LogP) is 4.33. The summed E-state index contributed by atoms with van der Waals surface area (Å²) in [6.07, 6.45) is -3.06. The van der Waals surface area contributed by atoms with Crippen molar-refractivity contribution in [3.63, 3.8) is 0 Å². The van der Waals surface area contributed by atoms with Gasteiger partial charge in [0.25, 0.3) is 0 Å². The Morgan fingerprint density at radius 3 is 2.42 bits per heavy atom. The van der Waals surface area contributed by atoms with Gasteiger partial charge in [0.1, 0.15) is 23.6 Å². The molecule has 0 aromatic heterocycles. The van der Waals surface area contributed by atoms with Crippen LogP contribution in [0, 0.1) is 5.82 Å². The van der Waals surface area contributed by atoms with E-state index in [0.29, 0.717) is 23.2 Å². The van der Waals surface area contributed by atoms with E-state index in [4.69, 9.17) is 4.74 Å². The Balaban J connectivity index is 2.08. The summed E-state index contributed by atoms with van der Waals surface area (Å²) < 4.78 is 59.6. The first-order valence-electron chi connectivity index (χ1n) is 6.84. The van der Waals surface area contributed by atoms with E-state index >= 15 is 0 Å². The normalized spacial score (nSPS) is 16.7. The van der Waals surface area contributed by atoms with Gasteiger partial charge in [0.2, 0.25) is 0 Å². The maximum atomic E-state index is 13.1. The minimum absolute atomic E-state index is 0.207. The van der Waals surface area contributed by atoms with Crippen molar-refractivity contribution >= 4 is 6.29 Å². The van der Waals surface area contributed by atoms with Gasteiger partial charge in [0.15, 0.2) is 0 Å². The van der Waals surface area contributed by atoms with Crippen molar-refractivity contribution in [2.24, 2.45) is 0 Å². The van der Waals surface area contributed by atoms with Crippen LogP contribution < -0.4 is 9.47 Å². The second-order valence-corrected chi connectivity index (χ2v) is 5.09. The maximum absolute atomic E-state index is 13.1. The first-order chi connectivity index (χ1) is 11.4. The van der Waals surface area contributed by atoms with Gasteiger partial charge in [0.05, 0.1) is 6.26 Å². The van der Waals surface area contributed by atoms with Crippen LogP contribution in [0.5, 0.6) is 11.5 Å². The Morgan fingerprint density at radius 2 is 1.79 bits per heavy atom. The molecular formula is C17H10F4O3. The van der Waals surface area contributed by atoms with Crippen molar-refractivity contribution in [1.82, 2.24) is 0 Å². The lowest BCUT2D eigenvalue weighted by molar-refractivity contribution is -0.274. The fraction of sp³-hybridized carbons (Fsp3) is 0.118. The summed E-state index contributed by atoms with van der Waals surface area (Å²) in [4.78, 5) is 11.3. The number of hydrogen-bond donors (Lipinski definition) is 0. The molecule has 24 heavy (non-hydrogen) atoms. The van der Waals surface area contributed by atoms with Crippen LogP contribution in [-0.2, 0) is 4.79 Å². The third-order valence-electron chi connectivity index (χ3n) is 3.52. The lowest BCUT2D eigenvalue weighted by Gasteiger charge is -2.25. The van der Waals surface area contributed by atoms with Gasteiger partial charge in [-0.1, -0.05) is 12.1 Å². The number of rotatable bonds is 3. The zero-order valence-electron chi connectivity index (χ0n) is 12.0. The molecule has 1 heterocycles. The summed E-state index contributed by atoms with van der Waals surface area (Å²) in [5, 5.41) is 0. The minimum atomic E-state index is -4.83. The van der Waals surface area contributed by atoms with Crippen molar-refractivity contribution in [1.29, 1.82) is 0 Å². The average Bonchev–Trinajstić information content (AvgIpc) is 2.53. The molecule has 2 aromatic rings. The third-order valence-corrected chi connectivity index (χ3v) is 3.52. The zero-order valence-corrected chi connectivity index (χ0v) is 12.0. The molecule has 1 unspecified atom stereocenters. The summed E-state index contributed by atoms with van der Waals surface area (Å²) >= 11 is 0. The first-order valence-corrected chi connectivity index (χ1v) is 6.84. The number of carbonyl (C=O) groups is 1. The Bertz CT molecular complexity index is 794. The van der Waals surface area contributed by atoms with E-state index in [1.165, 1.54) is 36.6 Å². The topological polar surface area (TPSA) is 35.5 Å². The third kappa shape index (κ3) is 3.24.